The number of likely N-dealkylation sites (N-methyl/N-ethyl adjacent to an activating group) is 1. The first-order chi connectivity index (χ1) is 9.04. The summed E-state index contributed by atoms with van der Waals surface area (Å²) in [5.74, 6) is 1.01. The fourth-order valence-corrected chi connectivity index (χ4v) is 2.54. The summed E-state index contributed by atoms with van der Waals surface area (Å²) in [4.78, 5) is 14.8. The van der Waals surface area contributed by atoms with E-state index in [-0.39, 0.29) is 11.8 Å². The lowest BCUT2D eigenvalue weighted by Gasteiger charge is -2.30. The molecule has 0 bridgehead atoms. The van der Waals surface area contributed by atoms with Gasteiger partial charge in [-0.05, 0) is 44.2 Å². The normalized spacial score (nSPS) is 20.3. The second-order valence-corrected chi connectivity index (χ2v) is 5.20. The van der Waals surface area contributed by atoms with Gasteiger partial charge in [-0.15, -0.1) is 0 Å². The second kappa shape index (κ2) is 5.72. The number of ether oxygens (including phenoxy) is 1. The van der Waals surface area contributed by atoms with Gasteiger partial charge in [-0.3, -0.25) is 4.79 Å². The van der Waals surface area contributed by atoms with Crippen molar-refractivity contribution in [2.75, 3.05) is 33.8 Å². The Morgan fingerprint density at radius 1 is 1.37 bits per heavy atom. The van der Waals surface area contributed by atoms with E-state index < -0.39 is 0 Å². The molecular formula is C15H22N2O2. The number of nitrogens with zero attached hydrogens (tertiary/aromatic N) is 1. The topological polar surface area (TPSA) is 41.6 Å². The highest BCUT2D eigenvalue weighted by atomic mass is 16.5. The second-order valence-electron chi connectivity index (χ2n) is 5.20. The Hall–Kier alpha value is -1.39. The average molecular weight is 262 g/mol. The number of carbonyl (C=O) groups excluding carboxylic acids is 1. The monoisotopic (exact) mass is 262 g/mol. The van der Waals surface area contributed by atoms with E-state index in [2.05, 4.69) is 10.2 Å². The van der Waals surface area contributed by atoms with Crippen LogP contribution in [0.3, 0.4) is 0 Å². The molecule has 1 N–H and O–H groups in total. The van der Waals surface area contributed by atoms with E-state index in [0.717, 1.165) is 42.1 Å². The minimum absolute atomic E-state index is 0.106. The molecule has 0 spiro atoms. The van der Waals surface area contributed by atoms with Crippen molar-refractivity contribution in [3.8, 4) is 5.75 Å². The average Bonchev–Trinajstić information content (AvgIpc) is 2.41. The van der Waals surface area contributed by atoms with Crippen LogP contribution in [0.2, 0.25) is 0 Å². The number of benzene rings is 1. The van der Waals surface area contributed by atoms with Crippen molar-refractivity contribution in [3.63, 3.8) is 0 Å². The van der Waals surface area contributed by atoms with Crippen LogP contribution in [0.4, 0.5) is 0 Å². The summed E-state index contributed by atoms with van der Waals surface area (Å²) < 4.78 is 5.29. The van der Waals surface area contributed by atoms with Crippen molar-refractivity contribution in [1.29, 1.82) is 0 Å². The molecule has 4 nitrogen and oxygen atoms in total. The molecule has 0 radical (unpaired) electrons. The van der Waals surface area contributed by atoms with Gasteiger partial charge in [0.25, 0.3) is 0 Å². The van der Waals surface area contributed by atoms with Crippen molar-refractivity contribution in [2.24, 2.45) is 0 Å². The van der Waals surface area contributed by atoms with E-state index in [0.29, 0.717) is 0 Å². The summed E-state index contributed by atoms with van der Waals surface area (Å²) in [5.41, 5.74) is 2.85. The number of hydrogen-bond acceptors (Lipinski definition) is 4. The molecule has 0 amide bonds. The largest absolute Gasteiger partial charge is 0.496 e. The van der Waals surface area contributed by atoms with Crippen molar-refractivity contribution in [2.45, 2.75) is 19.9 Å². The highest BCUT2D eigenvalue weighted by molar-refractivity contribution is 6.02. The smallest absolute Gasteiger partial charge is 0.181 e. The Kier molecular flexibility index (Phi) is 4.22. The maximum Gasteiger partial charge on any atom is 0.181 e. The molecule has 1 heterocycles. The first-order valence-electron chi connectivity index (χ1n) is 6.65. The van der Waals surface area contributed by atoms with Gasteiger partial charge in [-0.2, -0.15) is 0 Å². The molecule has 1 saturated heterocycles. The van der Waals surface area contributed by atoms with Gasteiger partial charge in [0.2, 0.25) is 0 Å². The van der Waals surface area contributed by atoms with Crippen LogP contribution in [0, 0.1) is 13.8 Å². The molecule has 19 heavy (non-hydrogen) atoms. The third-order valence-electron chi connectivity index (χ3n) is 3.92. The standard InChI is InChI=1S/C15H22N2O2/c1-10-11(2)14(19-4)6-5-12(10)15(18)13-9-17(3)8-7-16-13/h5-6,13,16H,7-9H2,1-4H3. The summed E-state index contributed by atoms with van der Waals surface area (Å²) in [7, 11) is 3.70. The van der Waals surface area contributed by atoms with Gasteiger partial charge in [-0.1, -0.05) is 0 Å². The Morgan fingerprint density at radius 2 is 2.11 bits per heavy atom. The molecule has 2 rings (SSSR count). The van der Waals surface area contributed by atoms with Gasteiger partial charge in [-0.25, -0.2) is 0 Å². The third-order valence-corrected chi connectivity index (χ3v) is 3.92. The minimum atomic E-state index is -0.106. The van der Waals surface area contributed by atoms with Crippen molar-refractivity contribution in [3.05, 3.63) is 28.8 Å². The van der Waals surface area contributed by atoms with E-state index in [1.54, 1.807) is 7.11 Å². The van der Waals surface area contributed by atoms with E-state index in [9.17, 15) is 4.79 Å². The molecule has 0 saturated carbocycles. The SMILES string of the molecule is COc1ccc(C(=O)C2CN(C)CCN2)c(C)c1C. The summed E-state index contributed by atoms with van der Waals surface area (Å²) in [6, 6.07) is 3.65. The van der Waals surface area contributed by atoms with Gasteiger partial charge in [0.05, 0.1) is 13.2 Å². The summed E-state index contributed by atoms with van der Waals surface area (Å²) in [5, 5.41) is 3.30. The van der Waals surface area contributed by atoms with Crippen LogP contribution in [-0.2, 0) is 0 Å². The van der Waals surface area contributed by atoms with Gasteiger partial charge in [0.15, 0.2) is 5.78 Å². The predicted molar refractivity (Wildman–Crippen MR) is 76.1 cm³/mol. The molecule has 1 aliphatic rings. The van der Waals surface area contributed by atoms with Gasteiger partial charge in [0, 0.05) is 25.2 Å². The first kappa shape index (κ1) is 14.0. The summed E-state index contributed by atoms with van der Waals surface area (Å²) >= 11 is 0. The number of nitrogens with one attached hydrogen (secondary N) is 1. The van der Waals surface area contributed by atoms with E-state index in [1.165, 1.54) is 0 Å². The highest BCUT2D eigenvalue weighted by Gasteiger charge is 2.26. The van der Waals surface area contributed by atoms with Crippen LogP contribution in [0.5, 0.6) is 5.75 Å². The fraction of sp³-hybridized carbons (Fsp3) is 0.533. The lowest BCUT2D eigenvalue weighted by atomic mass is 9.95. The number of Topliss-reactive ketones (excluding diaryl/α,β-unsaturated/α-hetero) is 1. The van der Waals surface area contributed by atoms with Gasteiger partial charge < -0.3 is 15.0 Å². The molecule has 0 aliphatic carbocycles. The quantitative estimate of drug-likeness (QED) is 0.836. The number of piperazine rings is 1. The van der Waals surface area contributed by atoms with Crippen LogP contribution >= 0.6 is 0 Å². The zero-order chi connectivity index (χ0) is 14.0. The summed E-state index contributed by atoms with van der Waals surface area (Å²) in [6.45, 7) is 6.60. The molecule has 1 aliphatic heterocycles. The van der Waals surface area contributed by atoms with E-state index >= 15 is 0 Å². The van der Waals surface area contributed by atoms with Crippen LogP contribution in [0.15, 0.2) is 12.1 Å². The van der Waals surface area contributed by atoms with Crippen LogP contribution in [-0.4, -0.2) is 50.5 Å². The number of rotatable bonds is 3. The van der Waals surface area contributed by atoms with Gasteiger partial charge >= 0.3 is 0 Å². The predicted octanol–water partition coefficient (Wildman–Crippen LogP) is 1.40. The Morgan fingerprint density at radius 3 is 2.74 bits per heavy atom. The Bertz CT molecular complexity index is 485. The molecule has 1 aromatic carbocycles. The summed E-state index contributed by atoms with van der Waals surface area (Å²) in [6.07, 6.45) is 0. The van der Waals surface area contributed by atoms with Crippen molar-refractivity contribution in [1.82, 2.24) is 10.2 Å². The molecule has 4 heteroatoms. The van der Waals surface area contributed by atoms with Crippen molar-refractivity contribution >= 4 is 5.78 Å². The molecule has 104 valence electrons. The molecular weight excluding hydrogens is 240 g/mol. The molecule has 1 aromatic rings. The molecule has 1 atom stereocenters. The van der Waals surface area contributed by atoms with Crippen LogP contribution in [0.1, 0.15) is 21.5 Å². The Balaban J connectivity index is 2.26. The zero-order valence-electron chi connectivity index (χ0n) is 12.1. The number of carbonyl (C=O) groups is 1. The zero-order valence-corrected chi connectivity index (χ0v) is 12.1. The maximum absolute atomic E-state index is 12.6. The maximum atomic E-state index is 12.6. The number of methoxy groups -OCH3 is 1. The van der Waals surface area contributed by atoms with Crippen LogP contribution < -0.4 is 10.1 Å². The lowest BCUT2D eigenvalue weighted by Crippen LogP contribution is -2.52. The van der Waals surface area contributed by atoms with Crippen LogP contribution in [0.25, 0.3) is 0 Å². The molecule has 0 aromatic heterocycles. The van der Waals surface area contributed by atoms with E-state index in [4.69, 9.17) is 4.74 Å². The van der Waals surface area contributed by atoms with Crippen molar-refractivity contribution < 1.29 is 9.53 Å². The molecule has 1 unspecified atom stereocenters. The van der Waals surface area contributed by atoms with E-state index in [1.807, 2.05) is 33.0 Å². The molecule has 1 fully saturated rings. The first-order valence-corrected chi connectivity index (χ1v) is 6.65. The fourth-order valence-electron chi connectivity index (χ4n) is 2.54. The van der Waals surface area contributed by atoms with Gasteiger partial charge in [0.1, 0.15) is 5.75 Å². The third kappa shape index (κ3) is 2.80. The lowest BCUT2D eigenvalue weighted by molar-refractivity contribution is 0.0893. The highest BCUT2D eigenvalue weighted by Crippen LogP contribution is 2.25. The minimum Gasteiger partial charge on any atom is -0.496 e. The number of hydrogen-bond donors (Lipinski definition) is 1. The Labute approximate surface area is 114 Å². The number of ketones is 1.